The second-order valence-corrected chi connectivity index (χ2v) is 5.87. The van der Waals surface area contributed by atoms with Crippen molar-refractivity contribution < 1.29 is 0 Å². The lowest BCUT2D eigenvalue weighted by Crippen LogP contribution is -2.15. The average Bonchev–Trinajstić information content (AvgIpc) is 3.05. The number of halogens is 1. The molecule has 3 nitrogen and oxygen atoms in total. The molecule has 0 bridgehead atoms. The van der Waals surface area contributed by atoms with E-state index in [-0.39, 0.29) is 0 Å². The van der Waals surface area contributed by atoms with Crippen molar-refractivity contribution in [2.45, 2.75) is 35.5 Å². The molecule has 2 aromatic rings. The van der Waals surface area contributed by atoms with Crippen molar-refractivity contribution in [1.82, 2.24) is 15.3 Å². The van der Waals surface area contributed by atoms with Gasteiger partial charge in [0.25, 0.3) is 0 Å². The molecule has 1 fully saturated rings. The number of benzene rings is 1. The smallest absolute Gasteiger partial charge is 0.170 e. The summed E-state index contributed by atoms with van der Waals surface area (Å²) in [6.45, 7) is 0.894. The molecule has 18 heavy (non-hydrogen) atoms. The van der Waals surface area contributed by atoms with E-state index in [0.717, 1.165) is 21.6 Å². The molecule has 1 saturated carbocycles. The first-order chi connectivity index (χ1) is 8.81. The summed E-state index contributed by atoms with van der Waals surface area (Å²) in [5.41, 5.74) is 1.27. The minimum absolute atomic E-state index is 0.710. The zero-order chi connectivity index (χ0) is 12.4. The number of rotatable bonds is 5. The van der Waals surface area contributed by atoms with E-state index >= 15 is 0 Å². The fraction of sp³-hybridized carbons (Fsp3) is 0.308. The molecule has 1 aliphatic carbocycles. The van der Waals surface area contributed by atoms with Crippen LogP contribution in [0.25, 0.3) is 0 Å². The first kappa shape index (κ1) is 12.1. The number of aromatic amines is 1. The highest BCUT2D eigenvalue weighted by Gasteiger charge is 2.20. The van der Waals surface area contributed by atoms with Crippen LogP contribution in [-0.4, -0.2) is 16.0 Å². The lowest BCUT2D eigenvalue weighted by molar-refractivity contribution is 0.680. The largest absolute Gasteiger partial charge is 0.339 e. The van der Waals surface area contributed by atoms with Crippen LogP contribution >= 0.6 is 23.4 Å². The SMILES string of the molecule is Clc1ccc(CNC2CC2)c(Sc2ncc[nH]2)c1. The Kier molecular flexibility index (Phi) is 3.59. The quantitative estimate of drug-likeness (QED) is 0.880. The normalized spacial score (nSPS) is 14.9. The van der Waals surface area contributed by atoms with Crippen molar-refractivity contribution in [3.63, 3.8) is 0 Å². The summed E-state index contributed by atoms with van der Waals surface area (Å²) in [5, 5.41) is 5.18. The summed E-state index contributed by atoms with van der Waals surface area (Å²) in [6, 6.07) is 6.74. The minimum Gasteiger partial charge on any atom is -0.339 e. The average molecular weight is 280 g/mol. The van der Waals surface area contributed by atoms with Crippen LogP contribution in [0.2, 0.25) is 5.02 Å². The zero-order valence-electron chi connectivity index (χ0n) is 9.82. The number of aromatic nitrogens is 2. The number of nitrogens with zero attached hydrogens (tertiary/aromatic N) is 1. The Morgan fingerprint density at radius 2 is 2.33 bits per heavy atom. The first-order valence-corrected chi connectivity index (χ1v) is 7.20. The van der Waals surface area contributed by atoms with Gasteiger partial charge in [-0.3, -0.25) is 0 Å². The van der Waals surface area contributed by atoms with Gasteiger partial charge in [0.15, 0.2) is 5.16 Å². The van der Waals surface area contributed by atoms with Crippen LogP contribution in [0.5, 0.6) is 0 Å². The predicted octanol–water partition coefficient (Wildman–Crippen LogP) is 3.47. The molecule has 0 aliphatic heterocycles. The number of hydrogen-bond acceptors (Lipinski definition) is 3. The molecule has 3 rings (SSSR count). The van der Waals surface area contributed by atoms with Gasteiger partial charge >= 0.3 is 0 Å². The van der Waals surface area contributed by atoms with Crippen LogP contribution in [0.3, 0.4) is 0 Å². The number of nitrogens with one attached hydrogen (secondary N) is 2. The fourth-order valence-corrected chi connectivity index (χ4v) is 2.86. The third-order valence-corrected chi connectivity index (χ3v) is 4.12. The van der Waals surface area contributed by atoms with Crippen LogP contribution in [0.4, 0.5) is 0 Å². The van der Waals surface area contributed by atoms with E-state index in [1.807, 2.05) is 18.3 Å². The molecule has 0 saturated heterocycles. The van der Waals surface area contributed by atoms with Crippen molar-refractivity contribution in [2.75, 3.05) is 0 Å². The zero-order valence-corrected chi connectivity index (χ0v) is 11.4. The van der Waals surface area contributed by atoms with Gasteiger partial charge in [0, 0.05) is 34.9 Å². The third kappa shape index (κ3) is 3.07. The molecule has 1 aromatic heterocycles. The predicted molar refractivity (Wildman–Crippen MR) is 74.0 cm³/mol. The summed E-state index contributed by atoms with van der Waals surface area (Å²) >= 11 is 7.68. The van der Waals surface area contributed by atoms with Gasteiger partial charge in [-0.15, -0.1) is 0 Å². The van der Waals surface area contributed by atoms with Crippen molar-refractivity contribution in [1.29, 1.82) is 0 Å². The number of H-pyrrole nitrogens is 1. The van der Waals surface area contributed by atoms with Crippen LogP contribution in [0.1, 0.15) is 18.4 Å². The van der Waals surface area contributed by atoms with Crippen LogP contribution in [0.15, 0.2) is 40.6 Å². The van der Waals surface area contributed by atoms with Gasteiger partial charge in [-0.25, -0.2) is 4.98 Å². The minimum atomic E-state index is 0.710. The topological polar surface area (TPSA) is 40.7 Å². The Hall–Kier alpha value is -0.970. The molecule has 2 N–H and O–H groups in total. The maximum atomic E-state index is 6.07. The lowest BCUT2D eigenvalue weighted by Gasteiger charge is -2.09. The van der Waals surface area contributed by atoms with E-state index in [9.17, 15) is 0 Å². The van der Waals surface area contributed by atoms with Gasteiger partial charge in [-0.1, -0.05) is 29.4 Å². The Labute approximate surface area is 115 Å². The molecule has 0 amide bonds. The Bertz CT molecular complexity index is 523. The van der Waals surface area contributed by atoms with E-state index in [2.05, 4.69) is 21.4 Å². The molecule has 0 spiro atoms. The van der Waals surface area contributed by atoms with Crippen molar-refractivity contribution in [3.8, 4) is 0 Å². The maximum absolute atomic E-state index is 6.07. The molecular formula is C13H14ClN3S. The van der Waals surface area contributed by atoms with Gasteiger partial charge in [0.1, 0.15) is 0 Å². The van der Waals surface area contributed by atoms with Gasteiger partial charge in [-0.2, -0.15) is 0 Å². The van der Waals surface area contributed by atoms with Crippen LogP contribution in [-0.2, 0) is 6.54 Å². The Balaban J connectivity index is 1.78. The van der Waals surface area contributed by atoms with E-state index in [1.54, 1.807) is 18.0 Å². The molecule has 94 valence electrons. The lowest BCUT2D eigenvalue weighted by atomic mass is 10.2. The highest BCUT2D eigenvalue weighted by Crippen LogP contribution is 2.31. The summed E-state index contributed by atoms with van der Waals surface area (Å²) in [6.07, 6.45) is 6.19. The highest BCUT2D eigenvalue weighted by molar-refractivity contribution is 7.99. The van der Waals surface area contributed by atoms with E-state index in [1.165, 1.54) is 18.4 Å². The molecule has 1 aromatic carbocycles. The molecule has 5 heteroatoms. The summed E-state index contributed by atoms with van der Waals surface area (Å²) in [5.74, 6) is 0. The monoisotopic (exact) mass is 279 g/mol. The van der Waals surface area contributed by atoms with Crippen molar-refractivity contribution in [2.24, 2.45) is 0 Å². The fourth-order valence-electron chi connectivity index (χ4n) is 1.72. The maximum Gasteiger partial charge on any atom is 0.170 e. The molecule has 0 radical (unpaired) electrons. The second kappa shape index (κ2) is 5.34. The molecular weight excluding hydrogens is 266 g/mol. The van der Waals surface area contributed by atoms with Crippen molar-refractivity contribution in [3.05, 3.63) is 41.2 Å². The first-order valence-electron chi connectivity index (χ1n) is 6.00. The van der Waals surface area contributed by atoms with E-state index in [0.29, 0.717) is 6.04 Å². The van der Waals surface area contributed by atoms with Crippen LogP contribution < -0.4 is 5.32 Å². The van der Waals surface area contributed by atoms with Gasteiger partial charge in [0.2, 0.25) is 0 Å². The van der Waals surface area contributed by atoms with Crippen molar-refractivity contribution >= 4 is 23.4 Å². The number of hydrogen-bond donors (Lipinski definition) is 2. The highest BCUT2D eigenvalue weighted by atomic mass is 35.5. The molecule has 1 aliphatic rings. The summed E-state index contributed by atoms with van der Waals surface area (Å²) in [4.78, 5) is 8.49. The molecule has 0 atom stereocenters. The van der Waals surface area contributed by atoms with Gasteiger partial charge in [0.05, 0.1) is 0 Å². The molecule has 0 unspecified atom stereocenters. The third-order valence-electron chi connectivity index (χ3n) is 2.87. The van der Waals surface area contributed by atoms with Crippen LogP contribution in [0, 0.1) is 0 Å². The summed E-state index contributed by atoms with van der Waals surface area (Å²) < 4.78 is 0. The Morgan fingerprint density at radius 3 is 3.06 bits per heavy atom. The van der Waals surface area contributed by atoms with E-state index < -0.39 is 0 Å². The van der Waals surface area contributed by atoms with Gasteiger partial charge < -0.3 is 10.3 Å². The summed E-state index contributed by atoms with van der Waals surface area (Å²) in [7, 11) is 0. The van der Waals surface area contributed by atoms with E-state index in [4.69, 9.17) is 11.6 Å². The number of imidazole rings is 1. The molecule has 1 heterocycles. The van der Waals surface area contributed by atoms with Gasteiger partial charge in [-0.05, 0) is 30.5 Å². The second-order valence-electron chi connectivity index (χ2n) is 4.40. The standard InChI is InChI=1S/C13H14ClN3S/c14-10-2-1-9(8-17-11-3-4-11)12(7-10)18-13-15-5-6-16-13/h1-2,5-7,11,17H,3-4,8H2,(H,15,16). The Morgan fingerprint density at radius 1 is 1.44 bits per heavy atom.